The smallest absolute Gasteiger partial charge is 0.316 e. The minimum absolute atomic E-state index is 0.176. The summed E-state index contributed by atoms with van der Waals surface area (Å²) in [6, 6.07) is 0. The zero-order valence-corrected chi connectivity index (χ0v) is 13.4. The lowest BCUT2D eigenvalue weighted by molar-refractivity contribution is -0.149. The van der Waals surface area contributed by atoms with E-state index in [-0.39, 0.29) is 23.5 Å². The van der Waals surface area contributed by atoms with Gasteiger partial charge in [0.1, 0.15) is 11.7 Å². The van der Waals surface area contributed by atoms with E-state index in [9.17, 15) is 14.4 Å². The fraction of sp³-hybridized carbons (Fsp3) is 0.562. The summed E-state index contributed by atoms with van der Waals surface area (Å²) < 4.78 is 9.99. The molecule has 116 valence electrons. The van der Waals surface area contributed by atoms with Gasteiger partial charge in [-0.25, -0.2) is 0 Å². The molecule has 21 heavy (non-hydrogen) atoms. The number of hydrogen-bond donors (Lipinski definition) is 0. The number of methoxy groups -OCH3 is 1. The molecule has 0 aromatic rings. The molecule has 1 aliphatic rings. The van der Waals surface area contributed by atoms with E-state index in [1.807, 2.05) is 0 Å². The largest absolute Gasteiger partial charge is 0.468 e. The van der Waals surface area contributed by atoms with Crippen molar-refractivity contribution in [2.45, 2.75) is 41.0 Å². The molecular formula is C16H22O5. The zero-order valence-electron chi connectivity index (χ0n) is 13.4. The molecule has 0 amide bonds. The second-order valence-electron chi connectivity index (χ2n) is 6.26. The Hall–Kier alpha value is -1.91. The summed E-state index contributed by atoms with van der Waals surface area (Å²) in [6.07, 6.45) is 1.78. The Kier molecular flexibility index (Phi) is 5.10. The lowest BCUT2D eigenvalue weighted by Crippen LogP contribution is -2.32. The molecule has 0 aromatic carbocycles. The Morgan fingerprint density at radius 1 is 1.24 bits per heavy atom. The van der Waals surface area contributed by atoms with E-state index in [0.717, 1.165) is 0 Å². The van der Waals surface area contributed by atoms with E-state index >= 15 is 0 Å². The first-order valence-corrected chi connectivity index (χ1v) is 6.82. The molecule has 1 rings (SSSR count). The van der Waals surface area contributed by atoms with Crippen LogP contribution in [0.3, 0.4) is 0 Å². The Morgan fingerprint density at radius 2 is 1.81 bits per heavy atom. The van der Waals surface area contributed by atoms with Crippen LogP contribution < -0.4 is 0 Å². The van der Waals surface area contributed by atoms with Gasteiger partial charge in [0, 0.05) is 0 Å². The molecule has 0 aromatic heterocycles. The number of ketones is 1. The molecular weight excluding hydrogens is 272 g/mol. The van der Waals surface area contributed by atoms with Crippen molar-refractivity contribution in [2.75, 3.05) is 7.11 Å². The minimum atomic E-state index is -0.864. The lowest BCUT2D eigenvalue weighted by Gasteiger charge is -2.25. The van der Waals surface area contributed by atoms with Crippen LogP contribution in [0.5, 0.6) is 0 Å². The summed E-state index contributed by atoms with van der Waals surface area (Å²) in [7, 11) is 1.25. The highest BCUT2D eigenvalue weighted by atomic mass is 16.5. The highest BCUT2D eigenvalue weighted by Crippen LogP contribution is 2.31. The average molecular weight is 294 g/mol. The number of hydrogen-bond acceptors (Lipinski definition) is 5. The summed E-state index contributed by atoms with van der Waals surface area (Å²) in [6.45, 7) is 8.69. The fourth-order valence-electron chi connectivity index (χ4n) is 1.91. The predicted molar refractivity (Wildman–Crippen MR) is 77.1 cm³/mol. The van der Waals surface area contributed by atoms with Crippen LogP contribution in [0.25, 0.3) is 0 Å². The number of rotatable bonds is 2. The van der Waals surface area contributed by atoms with Crippen LogP contribution >= 0.6 is 0 Å². The van der Waals surface area contributed by atoms with E-state index < -0.39 is 23.3 Å². The topological polar surface area (TPSA) is 69.7 Å². The molecule has 0 saturated carbocycles. The first-order chi connectivity index (χ1) is 9.59. The molecule has 1 atom stereocenters. The van der Waals surface area contributed by atoms with Gasteiger partial charge in [-0.05, 0) is 47.1 Å². The second-order valence-corrected chi connectivity index (χ2v) is 6.26. The highest BCUT2D eigenvalue weighted by Gasteiger charge is 2.37. The summed E-state index contributed by atoms with van der Waals surface area (Å²) in [4.78, 5) is 36.0. The summed E-state index contributed by atoms with van der Waals surface area (Å²) in [5.41, 5.74) is 0.311. The molecule has 0 radical (unpaired) electrons. The van der Waals surface area contributed by atoms with Gasteiger partial charge in [0.2, 0.25) is 0 Å². The minimum Gasteiger partial charge on any atom is -0.468 e. The van der Waals surface area contributed by atoms with Crippen LogP contribution in [0.1, 0.15) is 41.0 Å². The normalized spacial score (nSPS) is 19.0. The van der Waals surface area contributed by atoms with Crippen molar-refractivity contribution in [2.24, 2.45) is 11.3 Å². The molecule has 1 unspecified atom stereocenters. The first kappa shape index (κ1) is 17.1. The van der Waals surface area contributed by atoms with Crippen LogP contribution in [0.15, 0.2) is 23.0 Å². The maximum Gasteiger partial charge on any atom is 0.316 e. The number of carbonyl (C=O) groups excluding carboxylic acids is 3. The number of esters is 2. The molecule has 0 aliphatic heterocycles. The Labute approximate surface area is 125 Å². The van der Waals surface area contributed by atoms with Gasteiger partial charge < -0.3 is 9.47 Å². The van der Waals surface area contributed by atoms with Gasteiger partial charge in [-0.3, -0.25) is 14.4 Å². The van der Waals surface area contributed by atoms with Crippen molar-refractivity contribution in [1.82, 2.24) is 0 Å². The maximum absolute atomic E-state index is 12.4. The fourth-order valence-corrected chi connectivity index (χ4v) is 1.91. The zero-order chi connectivity index (χ0) is 16.4. The summed E-state index contributed by atoms with van der Waals surface area (Å²) in [5.74, 6) is -1.98. The van der Waals surface area contributed by atoms with Crippen LogP contribution in [0.2, 0.25) is 0 Å². The molecule has 5 nitrogen and oxygen atoms in total. The van der Waals surface area contributed by atoms with E-state index in [2.05, 4.69) is 4.74 Å². The second kappa shape index (κ2) is 6.24. The van der Waals surface area contributed by atoms with E-state index in [1.54, 1.807) is 40.7 Å². The molecule has 0 fully saturated rings. The SMILES string of the molecule is COC(=O)C1CC=C(OC(=O)C(C)(C)C)C(=C(C)C)C1=O. The van der Waals surface area contributed by atoms with Crippen molar-refractivity contribution in [3.8, 4) is 0 Å². The monoisotopic (exact) mass is 294 g/mol. The number of Topliss-reactive ketones (excluding diaryl/α,β-unsaturated/α-hetero) is 1. The maximum atomic E-state index is 12.4. The van der Waals surface area contributed by atoms with Crippen LogP contribution in [-0.2, 0) is 23.9 Å². The van der Waals surface area contributed by atoms with Crippen LogP contribution in [-0.4, -0.2) is 24.8 Å². The van der Waals surface area contributed by atoms with E-state index in [4.69, 9.17) is 4.74 Å². The molecule has 0 bridgehead atoms. The number of ether oxygens (including phenoxy) is 2. The van der Waals surface area contributed by atoms with Gasteiger partial charge >= 0.3 is 11.9 Å². The van der Waals surface area contributed by atoms with Gasteiger partial charge in [0.15, 0.2) is 5.78 Å². The Balaban J connectivity index is 3.14. The molecule has 0 saturated heterocycles. The van der Waals surface area contributed by atoms with Crippen LogP contribution in [0.4, 0.5) is 0 Å². The first-order valence-electron chi connectivity index (χ1n) is 6.82. The molecule has 0 N–H and O–H groups in total. The molecule has 0 spiro atoms. The molecule has 5 heteroatoms. The van der Waals surface area contributed by atoms with E-state index in [1.165, 1.54) is 7.11 Å². The Bertz CT molecular complexity index is 527. The lowest BCUT2D eigenvalue weighted by atomic mass is 9.85. The quantitative estimate of drug-likeness (QED) is 0.445. The molecule has 0 heterocycles. The number of carbonyl (C=O) groups is 3. The standard InChI is InChI=1S/C16H22O5/c1-9(2)12-11(21-15(19)16(3,4)5)8-7-10(13(12)17)14(18)20-6/h8,10H,7H2,1-6H3. The van der Waals surface area contributed by atoms with Crippen molar-refractivity contribution < 1.29 is 23.9 Å². The third kappa shape index (κ3) is 3.80. The average Bonchev–Trinajstić information content (AvgIpc) is 2.36. The van der Waals surface area contributed by atoms with Crippen molar-refractivity contribution in [3.63, 3.8) is 0 Å². The van der Waals surface area contributed by atoms with Gasteiger partial charge in [0.05, 0.1) is 18.1 Å². The highest BCUT2D eigenvalue weighted by molar-refractivity contribution is 6.12. The third-order valence-electron chi connectivity index (χ3n) is 3.15. The van der Waals surface area contributed by atoms with Crippen molar-refractivity contribution in [3.05, 3.63) is 23.0 Å². The van der Waals surface area contributed by atoms with Crippen molar-refractivity contribution in [1.29, 1.82) is 0 Å². The van der Waals surface area contributed by atoms with Crippen LogP contribution in [0, 0.1) is 11.3 Å². The predicted octanol–water partition coefficient (Wildman–Crippen LogP) is 2.56. The summed E-state index contributed by atoms with van der Waals surface area (Å²) >= 11 is 0. The van der Waals surface area contributed by atoms with Gasteiger partial charge in [-0.1, -0.05) is 5.57 Å². The Morgan fingerprint density at radius 3 is 2.24 bits per heavy atom. The summed E-state index contributed by atoms with van der Waals surface area (Å²) in [5, 5.41) is 0. The van der Waals surface area contributed by atoms with Gasteiger partial charge in [0.25, 0.3) is 0 Å². The molecule has 1 aliphatic carbocycles. The van der Waals surface area contributed by atoms with Crippen molar-refractivity contribution >= 4 is 17.7 Å². The van der Waals surface area contributed by atoms with Gasteiger partial charge in [-0.15, -0.1) is 0 Å². The van der Waals surface area contributed by atoms with Gasteiger partial charge in [-0.2, -0.15) is 0 Å². The third-order valence-corrected chi connectivity index (χ3v) is 3.15. The number of allylic oxidation sites excluding steroid dienone is 3. The van der Waals surface area contributed by atoms with E-state index in [0.29, 0.717) is 5.57 Å².